The fourth-order valence-corrected chi connectivity index (χ4v) is 3.47. The Morgan fingerprint density at radius 2 is 2.04 bits per heavy atom. The van der Waals surface area contributed by atoms with Crippen LogP contribution in [0.25, 0.3) is 0 Å². The van der Waals surface area contributed by atoms with Crippen molar-refractivity contribution in [3.63, 3.8) is 0 Å². The first-order valence-electron chi connectivity index (χ1n) is 9.23. The van der Waals surface area contributed by atoms with Gasteiger partial charge in [0.05, 0.1) is 13.2 Å². The molecule has 0 saturated carbocycles. The van der Waals surface area contributed by atoms with Gasteiger partial charge in [-0.3, -0.25) is 4.90 Å². The molecule has 0 aromatic heterocycles. The Balaban J connectivity index is 1.52. The summed E-state index contributed by atoms with van der Waals surface area (Å²) in [6.45, 7) is 11.8. The van der Waals surface area contributed by atoms with Crippen molar-refractivity contribution in [2.45, 2.75) is 51.6 Å². The predicted octanol–water partition coefficient (Wildman–Crippen LogP) is 1.27. The molecule has 6 nitrogen and oxygen atoms in total. The number of nitrogens with zero attached hydrogens (tertiary/aromatic N) is 2. The van der Waals surface area contributed by atoms with E-state index in [9.17, 15) is 4.79 Å². The molecule has 0 bridgehead atoms. The molecule has 2 heterocycles. The highest BCUT2D eigenvalue weighted by Gasteiger charge is 2.17. The summed E-state index contributed by atoms with van der Waals surface area (Å²) in [5.74, 6) is 0. The normalized spacial score (nSPS) is 25.0. The molecule has 0 aliphatic carbocycles. The molecule has 6 heteroatoms. The van der Waals surface area contributed by atoms with Gasteiger partial charge < -0.3 is 20.3 Å². The minimum Gasteiger partial charge on any atom is -0.379 e. The van der Waals surface area contributed by atoms with Crippen LogP contribution < -0.4 is 10.6 Å². The molecule has 0 aromatic rings. The SMILES string of the molecule is CC(CN1CCOCC1)NC(=O)NCCCN1CCCCC1C. The zero-order valence-corrected chi connectivity index (χ0v) is 14.9. The number of urea groups is 1. The Kier molecular flexibility index (Phi) is 8.12. The lowest BCUT2D eigenvalue weighted by Gasteiger charge is -2.33. The Morgan fingerprint density at radius 3 is 2.78 bits per heavy atom. The first-order chi connectivity index (χ1) is 11.1. The molecule has 2 aliphatic rings. The fourth-order valence-electron chi connectivity index (χ4n) is 3.47. The Hall–Kier alpha value is -0.850. The second-order valence-electron chi connectivity index (χ2n) is 6.95. The zero-order valence-electron chi connectivity index (χ0n) is 14.9. The Labute approximate surface area is 140 Å². The quantitative estimate of drug-likeness (QED) is 0.692. The van der Waals surface area contributed by atoms with E-state index < -0.39 is 0 Å². The van der Waals surface area contributed by atoms with Crippen molar-refractivity contribution >= 4 is 6.03 Å². The monoisotopic (exact) mass is 326 g/mol. The summed E-state index contributed by atoms with van der Waals surface area (Å²) in [6.07, 6.45) is 5.01. The van der Waals surface area contributed by atoms with Crippen molar-refractivity contribution in [2.24, 2.45) is 0 Å². The first-order valence-corrected chi connectivity index (χ1v) is 9.23. The molecule has 2 rings (SSSR count). The molecule has 2 aliphatic heterocycles. The summed E-state index contributed by atoms with van der Waals surface area (Å²) in [6, 6.07) is 0.818. The summed E-state index contributed by atoms with van der Waals surface area (Å²) in [7, 11) is 0. The lowest BCUT2D eigenvalue weighted by molar-refractivity contribution is 0.0349. The Morgan fingerprint density at radius 1 is 1.26 bits per heavy atom. The van der Waals surface area contributed by atoms with Gasteiger partial charge in [0.25, 0.3) is 0 Å². The van der Waals surface area contributed by atoms with Gasteiger partial charge in [-0.1, -0.05) is 6.42 Å². The number of carbonyl (C=O) groups excluding carboxylic acids is 1. The van der Waals surface area contributed by atoms with E-state index in [4.69, 9.17) is 4.74 Å². The van der Waals surface area contributed by atoms with Gasteiger partial charge in [0.1, 0.15) is 0 Å². The van der Waals surface area contributed by atoms with E-state index in [1.54, 1.807) is 0 Å². The third-order valence-corrected chi connectivity index (χ3v) is 4.86. The van der Waals surface area contributed by atoms with Crippen LogP contribution in [0.1, 0.15) is 39.5 Å². The van der Waals surface area contributed by atoms with Crippen LogP contribution in [-0.2, 0) is 4.74 Å². The molecule has 2 unspecified atom stereocenters. The number of piperidine rings is 1. The minimum atomic E-state index is -0.0440. The maximum absolute atomic E-state index is 11.9. The smallest absolute Gasteiger partial charge is 0.315 e. The minimum absolute atomic E-state index is 0.0440. The van der Waals surface area contributed by atoms with E-state index >= 15 is 0 Å². The fraction of sp³-hybridized carbons (Fsp3) is 0.941. The van der Waals surface area contributed by atoms with Crippen LogP contribution >= 0.6 is 0 Å². The van der Waals surface area contributed by atoms with Gasteiger partial charge in [0.2, 0.25) is 0 Å². The summed E-state index contributed by atoms with van der Waals surface area (Å²) < 4.78 is 5.34. The molecule has 2 fully saturated rings. The number of likely N-dealkylation sites (tertiary alicyclic amines) is 1. The second kappa shape index (κ2) is 10.1. The van der Waals surface area contributed by atoms with Crippen molar-refractivity contribution in [2.75, 3.05) is 52.5 Å². The summed E-state index contributed by atoms with van der Waals surface area (Å²) >= 11 is 0. The molecule has 0 spiro atoms. The number of hydrogen-bond donors (Lipinski definition) is 2. The maximum Gasteiger partial charge on any atom is 0.315 e. The zero-order chi connectivity index (χ0) is 16.5. The van der Waals surface area contributed by atoms with E-state index in [0.29, 0.717) is 6.04 Å². The van der Waals surface area contributed by atoms with Crippen molar-refractivity contribution in [3.8, 4) is 0 Å². The first kappa shape index (κ1) is 18.5. The number of ether oxygens (including phenoxy) is 1. The van der Waals surface area contributed by atoms with Crippen LogP contribution in [-0.4, -0.2) is 80.4 Å². The summed E-state index contributed by atoms with van der Waals surface area (Å²) in [5, 5.41) is 6.01. The van der Waals surface area contributed by atoms with Gasteiger partial charge in [0, 0.05) is 44.8 Å². The highest BCUT2D eigenvalue weighted by molar-refractivity contribution is 5.74. The summed E-state index contributed by atoms with van der Waals surface area (Å²) in [4.78, 5) is 16.8. The molecule has 134 valence electrons. The van der Waals surface area contributed by atoms with Crippen LogP contribution in [0.4, 0.5) is 4.79 Å². The molecule has 2 atom stereocenters. The molecule has 23 heavy (non-hydrogen) atoms. The number of amides is 2. The molecular formula is C17H34N4O2. The average Bonchev–Trinajstić information content (AvgIpc) is 2.54. The van der Waals surface area contributed by atoms with E-state index in [-0.39, 0.29) is 12.1 Å². The van der Waals surface area contributed by atoms with Crippen LogP contribution in [0, 0.1) is 0 Å². The van der Waals surface area contributed by atoms with Crippen LogP contribution in [0.2, 0.25) is 0 Å². The molecule has 0 radical (unpaired) electrons. The third-order valence-electron chi connectivity index (χ3n) is 4.86. The largest absolute Gasteiger partial charge is 0.379 e. The van der Waals surface area contributed by atoms with Crippen LogP contribution in [0.5, 0.6) is 0 Å². The molecule has 2 amide bonds. The number of morpholine rings is 1. The van der Waals surface area contributed by atoms with Gasteiger partial charge in [0.15, 0.2) is 0 Å². The number of hydrogen-bond acceptors (Lipinski definition) is 4. The number of nitrogens with one attached hydrogen (secondary N) is 2. The standard InChI is InChI=1S/C17H34N4O2/c1-15(14-20-10-12-23-13-11-20)19-17(22)18-7-5-9-21-8-4-3-6-16(21)2/h15-16H,3-14H2,1-2H3,(H2,18,19,22). The molecule has 0 aromatic carbocycles. The van der Waals surface area contributed by atoms with E-state index in [0.717, 1.165) is 52.4 Å². The van der Waals surface area contributed by atoms with E-state index in [1.165, 1.54) is 25.8 Å². The van der Waals surface area contributed by atoms with Gasteiger partial charge in [-0.05, 0) is 39.7 Å². The van der Waals surface area contributed by atoms with Gasteiger partial charge >= 0.3 is 6.03 Å². The highest BCUT2D eigenvalue weighted by atomic mass is 16.5. The highest BCUT2D eigenvalue weighted by Crippen LogP contribution is 2.15. The lowest BCUT2D eigenvalue weighted by Crippen LogP contribution is -2.48. The van der Waals surface area contributed by atoms with E-state index in [1.807, 2.05) is 0 Å². The lowest BCUT2D eigenvalue weighted by atomic mass is 10.0. The van der Waals surface area contributed by atoms with Gasteiger partial charge in [-0.2, -0.15) is 0 Å². The Bertz CT molecular complexity index is 347. The van der Waals surface area contributed by atoms with Crippen LogP contribution in [0.15, 0.2) is 0 Å². The van der Waals surface area contributed by atoms with Crippen LogP contribution in [0.3, 0.4) is 0 Å². The van der Waals surface area contributed by atoms with Crippen molar-refractivity contribution in [1.29, 1.82) is 0 Å². The van der Waals surface area contributed by atoms with Gasteiger partial charge in [-0.15, -0.1) is 0 Å². The topological polar surface area (TPSA) is 56.8 Å². The molecule has 2 saturated heterocycles. The summed E-state index contributed by atoms with van der Waals surface area (Å²) in [5.41, 5.74) is 0. The van der Waals surface area contributed by atoms with Gasteiger partial charge in [-0.25, -0.2) is 4.79 Å². The second-order valence-corrected chi connectivity index (χ2v) is 6.95. The van der Waals surface area contributed by atoms with Crippen molar-refractivity contribution in [3.05, 3.63) is 0 Å². The van der Waals surface area contributed by atoms with Crippen molar-refractivity contribution in [1.82, 2.24) is 20.4 Å². The number of rotatable bonds is 7. The molecular weight excluding hydrogens is 292 g/mol. The maximum atomic E-state index is 11.9. The van der Waals surface area contributed by atoms with Crippen molar-refractivity contribution < 1.29 is 9.53 Å². The average molecular weight is 326 g/mol. The third kappa shape index (κ3) is 7.06. The predicted molar refractivity (Wildman–Crippen MR) is 92.8 cm³/mol. The number of carbonyl (C=O) groups is 1. The van der Waals surface area contributed by atoms with E-state index in [2.05, 4.69) is 34.3 Å². The molecule has 2 N–H and O–H groups in total.